The first-order valence-corrected chi connectivity index (χ1v) is 8.76. The maximum atomic E-state index is 12.0. The Labute approximate surface area is 136 Å². The third-order valence-corrected chi connectivity index (χ3v) is 5.09. The standard InChI is InChI=1S/C15H22N2O5S/c1-4-15(3,14(19)20)17-13(18)10-11-6-8-12(9-7-11)23(21,22)16-5-2/h6-9,16H,4-5,10H2,1-3H3,(H,17,18)(H,19,20). The first-order chi connectivity index (χ1) is 10.6. The first-order valence-electron chi connectivity index (χ1n) is 7.27. The number of carboxylic acids is 1. The molecule has 128 valence electrons. The summed E-state index contributed by atoms with van der Waals surface area (Å²) in [5.41, 5.74) is -0.715. The van der Waals surface area contributed by atoms with Crippen LogP contribution in [0.5, 0.6) is 0 Å². The highest BCUT2D eigenvalue weighted by Gasteiger charge is 2.32. The van der Waals surface area contributed by atoms with E-state index in [-0.39, 0.29) is 24.3 Å². The lowest BCUT2D eigenvalue weighted by atomic mass is 9.98. The predicted octanol–water partition coefficient (Wildman–Crippen LogP) is 0.897. The van der Waals surface area contributed by atoms with Gasteiger partial charge < -0.3 is 10.4 Å². The summed E-state index contributed by atoms with van der Waals surface area (Å²) in [6, 6.07) is 5.90. The highest BCUT2D eigenvalue weighted by molar-refractivity contribution is 7.89. The largest absolute Gasteiger partial charge is 0.480 e. The van der Waals surface area contributed by atoms with Crippen molar-refractivity contribution in [1.82, 2.24) is 10.0 Å². The SMILES string of the molecule is CCNS(=O)(=O)c1ccc(CC(=O)NC(C)(CC)C(=O)O)cc1. The van der Waals surface area contributed by atoms with Crippen molar-refractivity contribution in [3.05, 3.63) is 29.8 Å². The molecule has 0 aliphatic heterocycles. The van der Waals surface area contributed by atoms with Crippen LogP contribution in [0.3, 0.4) is 0 Å². The number of nitrogens with one attached hydrogen (secondary N) is 2. The van der Waals surface area contributed by atoms with E-state index in [0.29, 0.717) is 5.56 Å². The van der Waals surface area contributed by atoms with Crippen molar-refractivity contribution in [2.45, 2.75) is 44.0 Å². The third kappa shape index (κ3) is 5.04. The van der Waals surface area contributed by atoms with Gasteiger partial charge in [0.05, 0.1) is 11.3 Å². The van der Waals surface area contributed by atoms with Gasteiger partial charge in [-0.05, 0) is 31.0 Å². The van der Waals surface area contributed by atoms with Crippen LogP contribution >= 0.6 is 0 Å². The molecule has 23 heavy (non-hydrogen) atoms. The van der Waals surface area contributed by atoms with Gasteiger partial charge in [0.25, 0.3) is 0 Å². The zero-order valence-corrected chi connectivity index (χ0v) is 14.2. The quantitative estimate of drug-likeness (QED) is 0.649. The van der Waals surface area contributed by atoms with E-state index >= 15 is 0 Å². The van der Waals surface area contributed by atoms with Gasteiger partial charge in [-0.15, -0.1) is 0 Å². The first kappa shape index (κ1) is 19.1. The van der Waals surface area contributed by atoms with Crippen molar-refractivity contribution in [3.8, 4) is 0 Å². The minimum atomic E-state index is -3.53. The van der Waals surface area contributed by atoms with Crippen molar-refractivity contribution in [1.29, 1.82) is 0 Å². The third-order valence-electron chi connectivity index (χ3n) is 3.53. The summed E-state index contributed by atoms with van der Waals surface area (Å²) in [7, 11) is -3.53. The molecule has 0 fully saturated rings. The Kier molecular flexibility index (Phi) is 6.28. The van der Waals surface area contributed by atoms with Crippen molar-refractivity contribution >= 4 is 21.9 Å². The minimum Gasteiger partial charge on any atom is -0.480 e. The van der Waals surface area contributed by atoms with Crippen molar-refractivity contribution in [3.63, 3.8) is 0 Å². The molecule has 0 aliphatic carbocycles. The molecule has 0 bridgehead atoms. The fraction of sp³-hybridized carbons (Fsp3) is 0.467. The zero-order chi connectivity index (χ0) is 17.7. The van der Waals surface area contributed by atoms with E-state index in [1.165, 1.54) is 31.2 Å². The number of rotatable bonds is 8. The maximum Gasteiger partial charge on any atom is 0.329 e. The lowest BCUT2D eigenvalue weighted by Crippen LogP contribution is -2.52. The number of benzene rings is 1. The van der Waals surface area contributed by atoms with Gasteiger partial charge in [-0.2, -0.15) is 0 Å². The van der Waals surface area contributed by atoms with Gasteiger partial charge in [0.1, 0.15) is 5.54 Å². The van der Waals surface area contributed by atoms with Gasteiger partial charge in [0, 0.05) is 6.54 Å². The molecule has 8 heteroatoms. The molecule has 1 amide bonds. The normalized spacial score (nSPS) is 14.0. The number of carbonyl (C=O) groups excluding carboxylic acids is 1. The van der Waals surface area contributed by atoms with Crippen molar-refractivity contribution < 1.29 is 23.1 Å². The summed E-state index contributed by atoms with van der Waals surface area (Å²) in [5.74, 6) is -1.53. The van der Waals surface area contributed by atoms with Crippen LogP contribution in [0.15, 0.2) is 29.2 Å². The van der Waals surface area contributed by atoms with Gasteiger partial charge in [-0.1, -0.05) is 26.0 Å². The van der Waals surface area contributed by atoms with Gasteiger partial charge >= 0.3 is 5.97 Å². The Morgan fingerprint density at radius 2 is 1.74 bits per heavy atom. The number of sulfonamides is 1. The van der Waals surface area contributed by atoms with E-state index in [9.17, 15) is 18.0 Å². The summed E-state index contributed by atoms with van der Waals surface area (Å²) in [6.45, 7) is 5.09. The zero-order valence-electron chi connectivity index (χ0n) is 13.4. The van der Waals surface area contributed by atoms with Crippen LogP contribution in [0.25, 0.3) is 0 Å². The molecule has 0 saturated carbocycles. The molecule has 7 nitrogen and oxygen atoms in total. The van der Waals surface area contributed by atoms with Crippen LogP contribution in [0.1, 0.15) is 32.8 Å². The highest BCUT2D eigenvalue weighted by atomic mass is 32.2. The van der Waals surface area contributed by atoms with E-state index in [4.69, 9.17) is 5.11 Å². The topological polar surface area (TPSA) is 113 Å². The fourth-order valence-electron chi connectivity index (χ4n) is 1.89. The van der Waals surface area contributed by atoms with E-state index in [0.717, 1.165) is 0 Å². The summed E-state index contributed by atoms with van der Waals surface area (Å²) in [6.07, 6.45) is 0.234. The summed E-state index contributed by atoms with van der Waals surface area (Å²) in [4.78, 5) is 23.3. The van der Waals surface area contributed by atoms with E-state index in [1.807, 2.05) is 0 Å². The Morgan fingerprint density at radius 3 is 2.17 bits per heavy atom. The number of carboxylic acid groups (broad SMARTS) is 1. The molecule has 3 N–H and O–H groups in total. The molecule has 0 spiro atoms. The molecule has 1 rings (SSSR count). The average molecular weight is 342 g/mol. The predicted molar refractivity (Wildman–Crippen MR) is 85.5 cm³/mol. The number of hydrogen-bond donors (Lipinski definition) is 3. The van der Waals surface area contributed by atoms with E-state index in [2.05, 4.69) is 10.0 Å². The molecular formula is C15H22N2O5S. The van der Waals surface area contributed by atoms with Gasteiger partial charge in [-0.3, -0.25) is 4.79 Å². The van der Waals surface area contributed by atoms with Crippen LogP contribution in [0.2, 0.25) is 0 Å². The van der Waals surface area contributed by atoms with E-state index in [1.54, 1.807) is 13.8 Å². The molecular weight excluding hydrogens is 320 g/mol. The lowest BCUT2D eigenvalue weighted by molar-refractivity contribution is -0.146. The van der Waals surface area contributed by atoms with Crippen LogP contribution in [0, 0.1) is 0 Å². The van der Waals surface area contributed by atoms with Crippen LogP contribution < -0.4 is 10.0 Å². The molecule has 0 aromatic heterocycles. The van der Waals surface area contributed by atoms with Crippen LogP contribution in [-0.4, -0.2) is 37.5 Å². The summed E-state index contributed by atoms with van der Waals surface area (Å²) < 4.78 is 26.0. The number of carbonyl (C=O) groups is 2. The molecule has 0 radical (unpaired) electrons. The Hall–Kier alpha value is -1.93. The second-order valence-corrected chi connectivity index (χ2v) is 7.13. The Balaban J connectivity index is 2.79. The molecule has 1 aromatic rings. The monoisotopic (exact) mass is 342 g/mol. The maximum absolute atomic E-state index is 12.0. The van der Waals surface area contributed by atoms with Crippen LogP contribution in [0.4, 0.5) is 0 Å². The number of amides is 1. The fourth-order valence-corrected chi connectivity index (χ4v) is 2.93. The van der Waals surface area contributed by atoms with E-state index < -0.39 is 27.4 Å². The minimum absolute atomic E-state index is 0.0234. The Bertz CT molecular complexity index is 670. The van der Waals surface area contributed by atoms with Crippen molar-refractivity contribution in [2.24, 2.45) is 0 Å². The second kappa shape index (κ2) is 7.56. The number of hydrogen-bond acceptors (Lipinski definition) is 4. The molecule has 0 saturated heterocycles. The summed E-state index contributed by atoms with van der Waals surface area (Å²) in [5, 5.41) is 11.6. The van der Waals surface area contributed by atoms with Gasteiger partial charge in [-0.25, -0.2) is 17.9 Å². The van der Waals surface area contributed by atoms with Crippen molar-refractivity contribution in [2.75, 3.05) is 6.54 Å². The smallest absolute Gasteiger partial charge is 0.329 e. The highest BCUT2D eigenvalue weighted by Crippen LogP contribution is 2.13. The Morgan fingerprint density at radius 1 is 1.17 bits per heavy atom. The number of aliphatic carboxylic acids is 1. The summed E-state index contributed by atoms with van der Waals surface area (Å²) >= 11 is 0. The molecule has 0 aliphatic rings. The molecule has 1 aromatic carbocycles. The van der Waals surface area contributed by atoms with Crippen LogP contribution in [-0.2, 0) is 26.0 Å². The average Bonchev–Trinajstić information content (AvgIpc) is 2.47. The lowest BCUT2D eigenvalue weighted by Gasteiger charge is -2.24. The molecule has 0 heterocycles. The second-order valence-electron chi connectivity index (χ2n) is 5.36. The molecule has 1 atom stereocenters. The molecule has 1 unspecified atom stereocenters. The van der Waals surface area contributed by atoms with Gasteiger partial charge in [0.2, 0.25) is 15.9 Å². The van der Waals surface area contributed by atoms with Gasteiger partial charge in [0.15, 0.2) is 0 Å².